The molecule has 0 fully saturated rings. The fraction of sp³-hybridized carbons (Fsp3) is 0.294. The van der Waals surface area contributed by atoms with Gasteiger partial charge in [0.1, 0.15) is 18.5 Å². The second-order valence-electron chi connectivity index (χ2n) is 4.94. The van der Waals surface area contributed by atoms with Crippen LogP contribution >= 0.6 is 0 Å². The highest BCUT2D eigenvalue weighted by Crippen LogP contribution is 2.35. The molecule has 0 aromatic heterocycles. The first-order valence-corrected chi connectivity index (χ1v) is 7.05. The van der Waals surface area contributed by atoms with Gasteiger partial charge in [0.25, 0.3) is 0 Å². The van der Waals surface area contributed by atoms with Crippen LogP contribution in [-0.4, -0.2) is 18.5 Å². The van der Waals surface area contributed by atoms with E-state index in [1.54, 1.807) is 18.2 Å². The molecule has 110 valence electrons. The van der Waals surface area contributed by atoms with E-state index in [2.05, 4.69) is 6.92 Å². The fourth-order valence-electron chi connectivity index (χ4n) is 2.21. The molecule has 0 aliphatic carbocycles. The second-order valence-corrected chi connectivity index (χ2v) is 4.94. The van der Waals surface area contributed by atoms with Gasteiger partial charge < -0.3 is 19.3 Å². The second kappa shape index (κ2) is 6.06. The van der Waals surface area contributed by atoms with E-state index in [0.717, 1.165) is 17.7 Å². The number of benzene rings is 2. The number of aryl methyl sites for hydroxylation is 1. The summed E-state index contributed by atoms with van der Waals surface area (Å²) in [5.41, 5.74) is 2.11. The van der Waals surface area contributed by atoms with Crippen LogP contribution in [0.25, 0.3) is 0 Å². The molecule has 2 aromatic carbocycles. The lowest BCUT2D eigenvalue weighted by Gasteiger charge is -2.13. The van der Waals surface area contributed by atoms with E-state index in [1.165, 1.54) is 5.56 Å². The molecule has 1 N–H and O–H groups in total. The van der Waals surface area contributed by atoms with Gasteiger partial charge in [0.05, 0.1) is 0 Å². The highest BCUT2D eigenvalue weighted by atomic mass is 16.7. The number of rotatable bonds is 5. The van der Waals surface area contributed by atoms with Gasteiger partial charge in [-0.05, 0) is 29.7 Å². The van der Waals surface area contributed by atoms with E-state index in [1.807, 2.05) is 24.3 Å². The summed E-state index contributed by atoms with van der Waals surface area (Å²) < 4.78 is 16.2. The van der Waals surface area contributed by atoms with Gasteiger partial charge >= 0.3 is 0 Å². The van der Waals surface area contributed by atoms with E-state index in [-0.39, 0.29) is 13.4 Å². The summed E-state index contributed by atoms with van der Waals surface area (Å²) in [6.07, 6.45) is 0.339. The van der Waals surface area contributed by atoms with Crippen LogP contribution in [0.1, 0.15) is 24.2 Å². The van der Waals surface area contributed by atoms with E-state index in [4.69, 9.17) is 14.2 Å². The Morgan fingerprint density at radius 3 is 2.62 bits per heavy atom. The van der Waals surface area contributed by atoms with E-state index in [9.17, 15) is 5.11 Å². The molecular formula is C17H18O4. The SMILES string of the molecule is CCc1ccc(C(O)COc2ccc3c(c2)OCO3)cc1. The maximum atomic E-state index is 10.2. The Balaban J connectivity index is 1.61. The Morgan fingerprint density at radius 2 is 1.86 bits per heavy atom. The lowest BCUT2D eigenvalue weighted by atomic mass is 10.1. The topological polar surface area (TPSA) is 47.9 Å². The van der Waals surface area contributed by atoms with Gasteiger partial charge in [0, 0.05) is 6.07 Å². The monoisotopic (exact) mass is 286 g/mol. The van der Waals surface area contributed by atoms with Gasteiger partial charge in [-0.1, -0.05) is 31.2 Å². The molecule has 0 radical (unpaired) electrons. The number of hydrogen-bond acceptors (Lipinski definition) is 4. The number of fused-ring (bicyclic) bond motifs is 1. The molecule has 2 aromatic rings. The normalized spacial score (nSPS) is 14.0. The largest absolute Gasteiger partial charge is 0.490 e. The highest BCUT2D eigenvalue weighted by molar-refractivity contribution is 5.46. The minimum atomic E-state index is -0.652. The quantitative estimate of drug-likeness (QED) is 0.917. The molecule has 0 amide bonds. The van der Waals surface area contributed by atoms with Crippen molar-refractivity contribution in [2.24, 2.45) is 0 Å². The third-order valence-electron chi connectivity index (χ3n) is 3.52. The standard InChI is InChI=1S/C17H18O4/c1-2-12-3-5-13(6-4-12)15(18)10-19-14-7-8-16-17(9-14)21-11-20-16/h3-9,15,18H,2,10-11H2,1H3. The van der Waals surface area contributed by atoms with Crippen molar-refractivity contribution in [1.82, 2.24) is 0 Å². The van der Waals surface area contributed by atoms with Crippen molar-refractivity contribution in [3.05, 3.63) is 53.6 Å². The molecule has 0 saturated heterocycles. The third-order valence-corrected chi connectivity index (χ3v) is 3.52. The predicted octanol–water partition coefficient (Wildman–Crippen LogP) is 3.09. The van der Waals surface area contributed by atoms with E-state index >= 15 is 0 Å². The number of hydrogen-bond donors (Lipinski definition) is 1. The van der Waals surface area contributed by atoms with E-state index in [0.29, 0.717) is 11.5 Å². The fourth-order valence-corrected chi connectivity index (χ4v) is 2.21. The molecule has 1 aliphatic heterocycles. The molecular weight excluding hydrogens is 268 g/mol. The average molecular weight is 286 g/mol. The zero-order valence-corrected chi connectivity index (χ0v) is 11.9. The Kier molecular flexibility index (Phi) is 3.97. The molecule has 0 saturated carbocycles. The maximum Gasteiger partial charge on any atom is 0.231 e. The van der Waals surface area contributed by atoms with Crippen LogP contribution in [0.3, 0.4) is 0 Å². The lowest BCUT2D eigenvalue weighted by molar-refractivity contribution is 0.108. The predicted molar refractivity (Wildman–Crippen MR) is 78.8 cm³/mol. The first kappa shape index (κ1) is 13.8. The van der Waals surface area contributed by atoms with Crippen molar-refractivity contribution in [3.8, 4) is 17.2 Å². The van der Waals surface area contributed by atoms with Crippen LogP contribution in [0, 0.1) is 0 Å². The minimum absolute atomic E-state index is 0.200. The van der Waals surface area contributed by atoms with Crippen molar-refractivity contribution in [3.63, 3.8) is 0 Å². The van der Waals surface area contributed by atoms with E-state index < -0.39 is 6.10 Å². The number of ether oxygens (including phenoxy) is 3. The minimum Gasteiger partial charge on any atom is -0.490 e. The Labute approximate surface area is 123 Å². The van der Waals surface area contributed by atoms with Crippen LogP contribution < -0.4 is 14.2 Å². The molecule has 4 nitrogen and oxygen atoms in total. The van der Waals surface area contributed by atoms with Gasteiger partial charge in [0.15, 0.2) is 11.5 Å². The summed E-state index contributed by atoms with van der Waals surface area (Å²) in [4.78, 5) is 0. The van der Waals surface area contributed by atoms with Crippen LogP contribution in [0.15, 0.2) is 42.5 Å². The van der Waals surface area contributed by atoms with Crippen LogP contribution in [0.5, 0.6) is 17.2 Å². The molecule has 0 bridgehead atoms. The number of aliphatic hydroxyl groups excluding tert-OH is 1. The maximum absolute atomic E-state index is 10.2. The Hall–Kier alpha value is -2.20. The summed E-state index contributed by atoms with van der Waals surface area (Å²) in [6, 6.07) is 13.3. The summed E-state index contributed by atoms with van der Waals surface area (Å²) in [5.74, 6) is 2.05. The average Bonchev–Trinajstić information content (AvgIpc) is 3.00. The molecule has 1 unspecified atom stereocenters. The van der Waals surface area contributed by atoms with Gasteiger partial charge in [-0.3, -0.25) is 0 Å². The smallest absolute Gasteiger partial charge is 0.231 e. The summed E-state index contributed by atoms with van der Waals surface area (Å²) in [7, 11) is 0. The zero-order chi connectivity index (χ0) is 14.7. The Morgan fingerprint density at radius 1 is 1.10 bits per heavy atom. The molecule has 21 heavy (non-hydrogen) atoms. The van der Waals surface area contributed by atoms with Gasteiger partial charge in [-0.15, -0.1) is 0 Å². The zero-order valence-electron chi connectivity index (χ0n) is 11.9. The number of aliphatic hydroxyl groups is 1. The summed E-state index contributed by atoms with van der Waals surface area (Å²) in [6.45, 7) is 2.55. The summed E-state index contributed by atoms with van der Waals surface area (Å²) >= 11 is 0. The Bertz CT molecular complexity index is 607. The van der Waals surface area contributed by atoms with Crippen molar-refractivity contribution in [2.75, 3.05) is 13.4 Å². The van der Waals surface area contributed by atoms with Crippen molar-refractivity contribution in [2.45, 2.75) is 19.4 Å². The van der Waals surface area contributed by atoms with Crippen LogP contribution in [-0.2, 0) is 6.42 Å². The first-order valence-electron chi connectivity index (χ1n) is 7.05. The molecule has 1 atom stereocenters. The van der Waals surface area contributed by atoms with Crippen molar-refractivity contribution in [1.29, 1.82) is 0 Å². The third kappa shape index (κ3) is 3.11. The van der Waals surface area contributed by atoms with Crippen molar-refractivity contribution < 1.29 is 19.3 Å². The van der Waals surface area contributed by atoms with Crippen LogP contribution in [0.4, 0.5) is 0 Å². The molecule has 1 heterocycles. The highest BCUT2D eigenvalue weighted by Gasteiger charge is 2.14. The molecule has 0 spiro atoms. The summed E-state index contributed by atoms with van der Waals surface area (Å²) in [5, 5.41) is 10.2. The lowest BCUT2D eigenvalue weighted by Crippen LogP contribution is -2.09. The van der Waals surface area contributed by atoms with Crippen LogP contribution in [0.2, 0.25) is 0 Å². The molecule has 3 rings (SSSR count). The van der Waals surface area contributed by atoms with Crippen molar-refractivity contribution >= 4 is 0 Å². The molecule has 4 heteroatoms. The van der Waals surface area contributed by atoms with Gasteiger partial charge in [-0.2, -0.15) is 0 Å². The van der Waals surface area contributed by atoms with Gasteiger partial charge in [-0.25, -0.2) is 0 Å². The molecule has 1 aliphatic rings. The van der Waals surface area contributed by atoms with Gasteiger partial charge in [0.2, 0.25) is 6.79 Å². The first-order chi connectivity index (χ1) is 10.3.